The van der Waals surface area contributed by atoms with Crippen LogP contribution >= 0.6 is 27.5 Å². The van der Waals surface area contributed by atoms with Crippen LogP contribution in [-0.4, -0.2) is 5.33 Å². The van der Waals surface area contributed by atoms with Gasteiger partial charge in [-0.05, 0) is 24.1 Å². The van der Waals surface area contributed by atoms with Crippen LogP contribution in [0.3, 0.4) is 0 Å². The predicted molar refractivity (Wildman–Crippen MR) is 53.7 cm³/mol. The topological polar surface area (TPSA) is 23.8 Å². The Morgan fingerprint density at radius 2 is 2.25 bits per heavy atom. The van der Waals surface area contributed by atoms with E-state index in [1.54, 1.807) is 6.07 Å². The molecule has 0 amide bonds. The standard InChI is InChI=1S/C9H7BrClN/c10-4-3-7-1-2-8(6-12)9(11)5-7/h1-2,5H,3-4H2. The lowest BCUT2D eigenvalue weighted by Gasteiger charge is -1.99. The van der Waals surface area contributed by atoms with Gasteiger partial charge in [-0.3, -0.25) is 0 Å². The van der Waals surface area contributed by atoms with Gasteiger partial charge in [0, 0.05) is 5.33 Å². The van der Waals surface area contributed by atoms with Crippen LogP contribution < -0.4 is 0 Å². The number of benzene rings is 1. The summed E-state index contributed by atoms with van der Waals surface area (Å²) in [6.07, 6.45) is 0.936. The first-order valence-corrected chi connectivity index (χ1v) is 5.02. The number of halogens is 2. The van der Waals surface area contributed by atoms with Crippen molar-refractivity contribution in [1.29, 1.82) is 5.26 Å². The first-order chi connectivity index (χ1) is 5.77. The van der Waals surface area contributed by atoms with Crippen molar-refractivity contribution in [2.24, 2.45) is 0 Å². The van der Waals surface area contributed by atoms with E-state index in [-0.39, 0.29) is 0 Å². The van der Waals surface area contributed by atoms with E-state index in [4.69, 9.17) is 16.9 Å². The summed E-state index contributed by atoms with van der Waals surface area (Å²) in [6, 6.07) is 7.53. The van der Waals surface area contributed by atoms with Crippen molar-refractivity contribution >= 4 is 27.5 Å². The van der Waals surface area contributed by atoms with E-state index in [1.165, 1.54) is 0 Å². The van der Waals surface area contributed by atoms with Gasteiger partial charge in [-0.15, -0.1) is 0 Å². The molecule has 62 valence electrons. The van der Waals surface area contributed by atoms with Gasteiger partial charge in [0.25, 0.3) is 0 Å². The fraction of sp³-hybridized carbons (Fsp3) is 0.222. The molecular formula is C9H7BrClN. The molecule has 0 aliphatic rings. The smallest absolute Gasteiger partial charge is 0.101 e. The second kappa shape index (κ2) is 4.49. The number of nitriles is 1. The van der Waals surface area contributed by atoms with Gasteiger partial charge in [0.15, 0.2) is 0 Å². The Labute approximate surface area is 85.1 Å². The molecule has 1 rings (SSSR count). The van der Waals surface area contributed by atoms with Crippen LogP contribution in [0.15, 0.2) is 18.2 Å². The summed E-state index contributed by atoms with van der Waals surface area (Å²) < 4.78 is 0. The van der Waals surface area contributed by atoms with Gasteiger partial charge in [-0.1, -0.05) is 33.6 Å². The number of rotatable bonds is 2. The van der Waals surface area contributed by atoms with Crippen molar-refractivity contribution in [2.45, 2.75) is 6.42 Å². The van der Waals surface area contributed by atoms with E-state index in [2.05, 4.69) is 15.9 Å². The van der Waals surface area contributed by atoms with Crippen molar-refractivity contribution in [3.63, 3.8) is 0 Å². The normalized spacial score (nSPS) is 9.42. The van der Waals surface area contributed by atoms with Gasteiger partial charge in [0.2, 0.25) is 0 Å². The van der Waals surface area contributed by atoms with Crippen molar-refractivity contribution in [3.8, 4) is 6.07 Å². The average molecular weight is 245 g/mol. The summed E-state index contributed by atoms with van der Waals surface area (Å²) >= 11 is 9.17. The van der Waals surface area contributed by atoms with E-state index in [0.717, 1.165) is 17.3 Å². The summed E-state index contributed by atoms with van der Waals surface area (Å²) in [5, 5.41) is 10.0. The zero-order valence-electron chi connectivity index (χ0n) is 6.35. The summed E-state index contributed by atoms with van der Waals surface area (Å²) in [7, 11) is 0. The molecule has 0 saturated carbocycles. The molecule has 0 N–H and O–H groups in total. The minimum absolute atomic E-state index is 0.537. The zero-order chi connectivity index (χ0) is 8.97. The lowest BCUT2D eigenvalue weighted by molar-refractivity contribution is 1.17. The molecule has 0 bridgehead atoms. The Hall–Kier alpha value is -0.520. The van der Waals surface area contributed by atoms with Gasteiger partial charge in [-0.2, -0.15) is 5.26 Å². The first-order valence-electron chi connectivity index (χ1n) is 3.52. The van der Waals surface area contributed by atoms with Crippen LogP contribution in [-0.2, 0) is 6.42 Å². The molecule has 1 aromatic rings. The highest BCUT2D eigenvalue weighted by atomic mass is 79.9. The third-order valence-electron chi connectivity index (χ3n) is 1.54. The number of hydrogen-bond acceptors (Lipinski definition) is 1. The molecule has 0 unspecified atom stereocenters. The van der Waals surface area contributed by atoms with E-state index in [1.807, 2.05) is 18.2 Å². The molecule has 12 heavy (non-hydrogen) atoms. The summed E-state index contributed by atoms with van der Waals surface area (Å²) in [6.45, 7) is 0. The number of alkyl halides is 1. The quantitative estimate of drug-likeness (QED) is 0.733. The molecule has 0 aliphatic carbocycles. The van der Waals surface area contributed by atoms with Crippen LogP contribution in [0.5, 0.6) is 0 Å². The van der Waals surface area contributed by atoms with E-state index >= 15 is 0 Å². The summed E-state index contributed by atoms with van der Waals surface area (Å²) in [5.41, 5.74) is 1.69. The van der Waals surface area contributed by atoms with Crippen molar-refractivity contribution in [1.82, 2.24) is 0 Å². The number of aryl methyl sites for hydroxylation is 1. The third kappa shape index (κ3) is 2.23. The second-order valence-electron chi connectivity index (χ2n) is 2.36. The lowest BCUT2D eigenvalue weighted by atomic mass is 10.1. The molecule has 1 aromatic carbocycles. The summed E-state index contributed by atoms with van der Waals surface area (Å²) in [4.78, 5) is 0. The molecule has 0 heterocycles. The Kier molecular flexibility index (Phi) is 3.58. The van der Waals surface area contributed by atoms with Crippen molar-refractivity contribution in [3.05, 3.63) is 34.3 Å². The van der Waals surface area contributed by atoms with Gasteiger partial charge in [-0.25, -0.2) is 0 Å². The minimum atomic E-state index is 0.537. The molecule has 0 radical (unpaired) electrons. The number of nitrogens with zero attached hydrogens (tertiary/aromatic N) is 1. The summed E-state index contributed by atoms with van der Waals surface area (Å²) in [5.74, 6) is 0. The average Bonchev–Trinajstić information content (AvgIpc) is 2.05. The molecule has 0 fully saturated rings. The lowest BCUT2D eigenvalue weighted by Crippen LogP contribution is -1.86. The molecule has 0 aromatic heterocycles. The molecule has 3 heteroatoms. The van der Waals surface area contributed by atoms with E-state index in [9.17, 15) is 0 Å². The maximum Gasteiger partial charge on any atom is 0.101 e. The Balaban J connectivity index is 2.96. The molecular weight excluding hydrogens is 237 g/mol. The monoisotopic (exact) mass is 243 g/mol. The van der Waals surface area contributed by atoms with Gasteiger partial charge < -0.3 is 0 Å². The molecule has 1 nitrogen and oxygen atoms in total. The predicted octanol–water partition coefficient (Wildman–Crippen LogP) is 3.15. The minimum Gasteiger partial charge on any atom is -0.192 e. The number of hydrogen-bond donors (Lipinski definition) is 0. The van der Waals surface area contributed by atoms with Gasteiger partial charge in [0.1, 0.15) is 6.07 Å². The SMILES string of the molecule is N#Cc1ccc(CCBr)cc1Cl. The molecule has 0 spiro atoms. The Morgan fingerprint density at radius 1 is 1.50 bits per heavy atom. The van der Waals surface area contributed by atoms with Crippen LogP contribution in [0, 0.1) is 11.3 Å². The highest BCUT2D eigenvalue weighted by Gasteiger charge is 1.99. The van der Waals surface area contributed by atoms with E-state index in [0.29, 0.717) is 10.6 Å². The van der Waals surface area contributed by atoms with E-state index < -0.39 is 0 Å². The van der Waals surface area contributed by atoms with Crippen LogP contribution in [0.2, 0.25) is 5.02 Å². The molecule has 0 aliphatic heterocycles. The Morgan fingerprint density at radius 3 is 2.75 bits per heavy atom. The fourth-order valence-corrected chi connectivity index (χ4v) is 1.62. The van der Waals surface area contributed by atoms with Gasteiger partial charge in [0.05, 0.1) is 10.6 Å². The van der Waals surface area contributed by atoms with Gasteiger partial charge >= 0.3 is 0 Å². The Bertz CT molecular complexity index is 317. The molecule has 0 saturated heterocycles. The van der Waals surface area contributed by atoms with Crippen LogP contribution in [0.4, 0.5) is 0 Å². The second-order valence-corrected chi connectivity index (χ2v) is 3.57. The third-order valence-corrected chi connectivity index (χ3v) is 2.25. The van der Waals surface area contributed by atoms with Crippen molar-refractivity contribution < 1.29 is 0 Å². The molecule has 0 atom stereocenters. The zero-order valence-corrected chi connectivity index (χ0v) is 8.69. The fourth-order valence-electron chi connectivity index (χ4n) is 0.914. The highest BCUT2D eigenvalue weighted by molar-refractivity contribution is 9.09. The first kappa shape index (κ1) is 9.57. The van der Waals surface area contributed by atoms with Crippen LogP contribution in [0.1, 0.15) is 11.1 Å². The highest BCUT2D eigenvalue weighted by Crippen LogP contribution is 2.17. The largest absolute Gasteiger partial charge is 0.192 e. The van der Waals surface area contributed by atoms with Crippen LogP contribution in [0.25, 0.3) is 0 Å². The van der Waals surface area contributed by atoms with Crippen molar-refractivity contribution in [2.75, 3.05) is 5.33 Å². The maximum absolute atomic E-state index is 8.60. The maximum atomic E-state index is 8.60.